The van der Waals surface area contributed by atoms with E-state index in [4.69, 9.17) is 9.84 Å². The fourth-order valence-corrected chi connectivity index (χ4v) is 4.64. The summed E-state index contributed by atoms with van der Waals surface area (Å²) in [6.07, 6.45) is 13.0. The second kappa shape index (κ2) is 11.1. The molecule has 0 aliphatic heterocycles. The van der Waals surface area contributed by atoms with Crippen LogP contribution in [0.3, 0.4) is 0 Å². The van der Waals surface area contributed by atoms with Gasteiger partial charge in [0, 0.05) is 29.6 Å². The molecule has 1 saturated carbocycles. The van der Waals surface area contributed by atoms with Crippen LogP contribution in [0.1, 0.15) is 76.2 Å². The average Bonchev–Trinajstić information content (AvgIpc) is 2.67. The molecule has 1 aromatic rings. The summed E-state index contributed by atoms with van der Waals surface area (Å²) in [4.78, 5) is 11.0. The van der Waals surface area contributed by atoms with Gasteiger partial charge in [-0.3, -0.25) is 4.79 Å². The third-order valence-electron chi connectivity index (χ3n) is 6.03. The second-order valence-electron chi connectivity index (χ2n) is 8.04. The molecule has 1 N–H and O–H groups in total. The molecule has 0 saturated heterocycles. The molecular formula is C24H30NaO3. The van der Waals surface area contributed by atoms with Crippen molar-refractivity contribution in [3.8, 4) is 17.6 Å². The molecule has 145 valence electrons. The number of benzene rings is 1. The van der Waals surface area contributed by atoms with E-state index in [1.807, 2.05) is 24.3 Å². The molecule has 1 radical (unpaired) electrons. The van der Waals surface area contributed by atoms with Gasteiger partial charge in [0.1, 0.15) is 12.4 Å². The predicted octanol–water partition coefficient (Wildman–Crippen LogP) is 5.33. The molecule has 1 atom stereocenters. The van der Waals surface area contributed by atoms with Crippen molar-refractivity contribution in [3.63, 3.8) is 0 Å². The van der Waals surface area contributed by atoms with E-state index in [0.29, 0.717) is 12.0 Å². The molecule has 0 bridgehead atoms. The van der Waals surface area contributed by atoms with Crippen molar-refractivity contribution in [2.45, 2.75) is 70.6 Å². The molecule has 3 rings (SSSR count). The third-order valence-corrected chi connectivity index (χ3v) is 6.03. The van der Waals surface area contributed by atoms with Gasteiger partial charge in [-0.2, -0.15) is 0 Å². The molecule has 1 spiro atoms. The van der Waals surface area contributed by atoms with Crippen LogP contribution in [0.5, 0.6) is 5.75 Å². The maximum atomic E-state index is 11.0. The normalized spacial score (nSPS) is 18.8. The summed E-state index contributed by atoms with van der Waals surface area (Å²) in [5.41, 5.74) is 2.91. The van der Waals surface area contributed by atoms with E-state index in [0.717, 1.165) is 11.3 Å². The van der Waals surface area contributed by atoms with Gasteiger partial charge in [0.2, 0.25) is 0 Å². The summed E-state index contributed by atoms with van der Waals surface area (Å²) in [5, 5.41) is 9.06. The zero-order valence-corrected chi connectivity index (χ0v) is 19.3. The number of rotatable bonds is 6. The van der Waals surface area contributed by atoms with Crippen LogP contribution < -0.4 is 4.74 Å². The van der Waals surface area contributed by atoms with Crippen molar-refractivity contribution < 1.29 is 14.6 Å². The Labute approximate surface area is 191 Å². The minimum atomic E-state index is -0.830. The number of allylic oxidation sites excluding steroid dienone is 1. The Kier molecular flexibility index (Phi) is 9.15. The monoisotopic (exact) mass is 389 g/mol. The van der Waals surface area contributed by atoms with Gasteiger partial charge in [0.15, 0.2) is 0 Å². The number of ether oxygens (including phenoxy) is 1. The third kappa shape index (κ3) is 6.41. The van der Waals surface area contributed by atoms with Crippen molar-refractivity contribution in [1.29, 1.82) is 0 Å². The smallest absolute Gasteiger partial charge is 0.304 e. The van der Waals surface area contributed by atoms with Gasteiger partial charge >= 0.3 is 5.97 Å². The molecule has 28 heavy (non-hydrogen) atoms. The second-order valence-corrected chi connectivity index (χ2v) is 8.04. The molecule has 0 aromatic heterocycles. The van der Waals surface area contributed by atoms with Crippen LogP contribution >= 0.6 is 0 Å². The van der Waals surface area contributed by atoms with Gasteiger partial charge in [0.05, 0.1) is 12.3 Å². The van der Waals surface area contributed by atoms with Crippen molar-refractivity contribution in [1.82, 2.24) is 0 Å². The Morgan fingerprint density at radius 2 is 1.89 bits per heavy atom. The van der Waals surface area contributed by atoms with E-state index in [9.17, 15) is 4.79 Å². The Balaban J connectivity index is 0.00000280. The summed E-state index contributed by atoms with van der Waals surface area (Å²) < 4.78 is 6.03. The van der Waals surface area contributed by atoms with Crippen molar-refractivity contribution in [2.75, 3.05) is 6.61 Å². The predicted molar refractivity (Wildman–Crippen MR) is 114 cm³/mol. The zero-order chi connectivity index (χ0) is 19.1. The summed E-state index contributed by atoms with van der Waals surface area (Å²) in [7, 11) is 0. The quantitative estimate of drug-likeness (QED) is 0.406. The van der Waals surface area contributed by atoms with Gasteiger partial charge in [-0.15, -0.1) is 5.92 Å². The molecule has 0 unspecified atom stereocenters. The Bertz CT molecular complexity index is 733. The van der Waals surface area contributed by atoms with E-state index >= 15 is 0 Å². The fourth-order valence-electron chi connectivity index (χ4n) is 4.64. The standard InChI is InChI=1S/C24H30O3.Na/c1-2-7-21(16-23(25)26)20-9-11-22(12-10-20)27-18-19-8-6-15-24(17-19)13-4-3-5-14-24;/h8-12,21H,3-6,13-18H2,1H3,(H,25,26);/t21-;/m0./s1. The van der Waals surface area contributed by atoms with Crippen LogP contribution in [0.4, 0.5) is 0 Å². The summed E-state index contributed by atoms with van der Waals surface area (Å²) in [6, 6.07) is 7.74. The number of carbonyl (C=O) groups is 1. The van der Waals surface area contributed by atoms with Gasteiger partial charge in [-0.1, -0.05) is 43.4 Å². The molecule has 2 aliphatic rings. The largest absolute Gasteiger partial charge is 0.489 e. The number of hydrogen-bond acceptors (Lipinski definition) is 2. The first-order chi connectivity index (χ1) is 13.1. The Morgan fingerprint density at radius 3 is 2.54 bits per heavy atom. The zero-order valence-electron chi connectivity index (χ0n) is 17.3. The molecule has 3 nitrogen and oxygen atoms in total. The van der Waals surface area contributed by atoms with Crippen LogP contribution in [0, 0.1) is 17.3 Å². The first-order valence-corrected chi connectivity index (χ1v) is 10.1. The van der Waals surface area contributed by atoms with Crippen molar-refractivity contribution >= 4 is 35.5 Å². The van der Waals surface area contributed by atoms with E-state index < -0.39 is 5.97 Å². The van der Waals surface area contributed by atoms with E-state index in [2.05, 4.69) is 17.9 Å². The van der Waals surface area contributed by atoms with Gasteiger partial charge in [0.25, 0.3) is 0 Å². The average molecular weight is 389 g/mol. The fraction of sp³-hybridized carbons (Fsp3) is 0.542. The van der Waals surface area contributed by atoms with Crippen molar-refractivity contribution in [3.05, 3.63) is 41.5 Å². The summed E-state index contributed by atoms with van der Waals surface area (Å²) >= 11 is 0. The van der Waals surface area contributed by atoms with E-state index in [-0.39, 0.29) is 41.9 Å². The van der Waals surface area contributed by atoms with Gasteiger partial charge in [-0.05, 0) is 67.7 Å². The topological polar surface area (TPSA) is 46.5 Å². The van der Waals surface area contributed by atoms with Crippen LogP contribution in [-0.4, -0.2) is 47.2 Å². The molecule has 0 heterocycles. The number of aliphatic carboxylic acids is 1. The first kappa shape index (κ1) is 23.1. The minimum absolute atomic E-state index is 0. The van der Waals surface area contributed by atoms with Crippen LogP contribution in [0.2, 0.25) is 0 Å². The first-order valence-electron chi connectivity index (χ1n) is 10.1. The summed E-state index contributed by atoms with van der Waals surface area (Å²) in [6.45, 7) is 2.40. The van der Waals surface area contributed by atoms with Crippen LogP contribution in [0.15, 0.2) is 35.9 Å². The molecule has 1 aromatic carbocycles. The minimum Gasteiger partial charge on any atom is -0.489 e. The van der Waals surface area contributed by atoms with Crippen molar-refractivity contribution in [2.24, 2.45) is 5.41 Å². The molecule has 0 amide bonds. The molecule has 1 fully saturated rings. The van der Waals surface area contributed by atoms with Gasteiger partial charge < -0.3 is 9.84 Å². The number of carboxylic acids is 1. The van der Waals surface area contributed by atoms with Crippen LogP contribution in [0.25, 0.3) is 0 Å². The van der Waals surface area contributed by atoms with E-state index in [1.165, 1.54) is 56.9 Å². The van der Waals surface area contributed by atoms with E-state index in [1.54, 1.807) is 6.92 Å². The molecule has 4 heteroatoms. The molecule has 2 aliphatic carbocycles. The number of carboxylic acid groups (broad SMARTS) is 1. The summed E-state index contributed by atoms with van der Waals surface area (Å²) in [5.74, 6) is 5.55. The maximum absolute atomic E-state index is 11.0. The van der Waals surface area contributed by atoms with Crippen LogP contribution in [-0.2, 0) is 4.79 Å². The van der Waals surface area contributed by atoms with Gasteiger partial charge in [-0.25, -0.2) is 0 Å². The number of hydrogen-bond donors (Lipinski definition) is 1. The maximum Gasteiger partial charge on any atom is 0.304 e. The molecular weight excluding hydrogens is 359 g/mol. The Hall–Kier alpha value is -1.21. The Morgan fingerprint density at radius 1 is 1.18 bits per heavy atom. The SMILES string of the molecule is CC#C[C@@H](CC(=O)O)c1ccc(OCC2=CCCC3(CCCCC3)C2)cc1.[Na].